The van der Waals surface area contributed by atoms with Crippen molar-refractivity contribution in [3.05, 3.63) is 11.6 Å². The van der Waals surface area contributed by atoms with Crippen LogP contribution in [0.25, 0.3) is 0 Å². The highest BCUT2D eigenvalue weighted by Crippen LogP contribution is 2.38. The van der Waals surface area contributed by atoms with Gasteiger partial charge in [-0.25, -0.2) is 0 Å². The third-order valence-corrected chi connectivity index (χ3v) is 5.37. The van der Waals surface area contributed by atoms with Gasteiger partial charge in [-0.2, -0.15) is 0 Å². The SMILES string of the molecule is CC=C1CCC(CC2CCC(CC)CC2)CC1. The average Bonchev–Trinajstić information content (AvgIpc) is 2.40. The van der Waals surface area contributed by atoms with Crippen molar-refractivity contribution in [1.29, 1.82) is 0 Å². The molecule has 2 fully saturated rings. The quantitative estimate of drug-likeness (QED) is 0.547. The highest BCUT2D eigenvalue weighted by Gasteiger charge is 2.24. The molecule has 2 aliphatic carbocycles. The largest absolute Gasteiger partial charge is 0.0885 e. The van der Waals surface area contributed by atoms with Crippen LogP contribution in [0, 0.1) is 17.8 Å². The topological polar surface area (TPSA) is 0 Å². The van der Waals surface area contributed by atoms with Crippen LogP contribution in [-0.2, 0) is 0 Å². The van der Waals surface area contributed by atoms with E-state index in [2.05, 4.69) is 19.9 Å². The highest BCUT2D eigenvalue weighted by atomic mass is 14.3. The van der Waals surface area contributed by atoms with Crippen molar-refractivity contribution in [1.82, 2.24) is 0 Å². The Kier molecular flexibility index (Phi) is 5.13. The molecule has 0 heterocycles. The Balaban J connectivity index is 1.68. The molecule has 0 bridgehead atoms. The zero-order chi connectivity index (χ0) is 12.1. The van der Waals surface area contributed by atoms with Crippen LogP contribution in [0.15, 0.2) is 11.6 Å². The van der Waals surface area contributed by atoms with Crippen molar-refractivity contribution in [3.63, 3.8) is 0 Å². The summed E-state index contributed by atoms with van der Waals surface area (Å²) in [4.78, 5) is 0. The summed E-state index contributed by atoms with van der Waals surface area (Å²) in [6.45, 7) is 4.58. The molecule has 0 aliphatic heterocycles. The van der Waals surface area contributed by atoms with Crippen molar-refractivity contribution >= 4 is 0 Å². The van der Waals surface area contributed by atoms with Gasteiger partial charge >= 0.3 is 0 Å². The minimum Gasteiger partial charge on any atom is -0.0885 e. The Labute approximate surface area is 108 Å². The summed E-state index contributed by atoms with van der Waals surface area (Å²) in [7, 11) is 0. The Hall–Kier alpha value is -0.260. The Morgan fingerprint density at radius 2 is 1.41 bits per heavy atom. The smallest absolute Gasteiger partial charge is 0.0318 e. The molecule has 0 aromatic heterocycles. The second-order valence-electron chi connectivity index (χ2n) is 6.42. The number of rotatable bonds is 3. The molecule has 0 spiro atoms. The van der Waals surface area contributed by atoms with Crippen molar-refractivity contribution in [2.24, 2.45) is 17.8 Å². The van der Waals surface area contributed by atoms with Crippen LogP contribution in [0.4, 0.5) is 0 Å². The average molecular weight is 234 g/mol. The van der Waals surface area contributed by atoms with Crippen molar-refractivity contribution < 1.29 is 0 Å². The van der Waals surface area contributed by atoms with E-state index in [0.29, 0.717) is 0 Å². The first-order valence-corrected chi connectivity index (χ1v) is 7.95. The van der Waals surface area contributed by atoms with E-state index < -0.39 is 0 Å². The van der Waals surface area contributed by atoms with Gasteiger partial charge < -0.3 is 0 Å². The van der Waals surface area contributed by atoms with Crippen molar-refractivity contribution in [2.45, 2.75) is 78.1 Å². The van der Waals surface area contributed by atoms with E-state index >= 15 is 0 Å². The Bertz CT molecular complexity index is 233. The molecule has 2 rings (SSSR count). The molecule has 2 aliphatic rings. The fraction of sp³-hybridized carbons (Fsp3) is 0.882. The fourth-order valence-electron chi connectivity index (χ4n) is 3.92. The van der Waals surface area contributed by atoms with Gasteiger partial charge in [0.05, 0.1) is 0 Å². The van der Waals surface area contributed by atoms with Gasteiger partial charge in [-0.15, -0.1) is 0 Å². The summed E-state index contributed by atoms with van der Waals surface area (Å²) in [5.74, 6) is 3.20. The summed E-state index contributed by atoms with van der Waals surface area (Å²) in [5, 5.41) is 0. The molecule has 0 nitrogen and oxygen atoms in total. The lowest BCUT2D eigenvalue weighted by Crippen LogP contribution is -2.18. The highest BCUT2D eigenvalue weighted by molar-refractivity contribution is 5.03. The molecule has 0 unspecified atom stereocenters. The van der Waals surface area contributed by atoms with E-state index in [1.165, 1.54) is 57.8 Å². The van der Waals surface area contributed by atoms with Crippen molar-refractivity contribution in [2.75, 3.05) is 0 Å². The molecule has 0 heteroatoms. The predicted octanol–water partition coefficient (Wildman–Crippen LogP) is 5.73. The van der Waals surface area contributed by atoms with E-state index in [4.69, 9.17) is 0 Å². The fourth-order valence-corrected chi connectivity index (χ4v) is 3.92. The molecule has 0 saturated heterocycles. The minimum atomic E-state index is 1.06. The maximum Gasteiger partial charge on any atom is -0.0318 e. The molecule has 0 N–H and O–H groups in total. The van der Waals surface area contributed by atoms with Gasteiger partial charge in [0.15, 0.2) is 0 Å². The summed E-state index contributed by atoms with van der Waals surface area (Å²) in [5.41, 5.74) is 1.72. The molecule has 0 aromatic rings. The molecule has 0 radical (unpaired) electrons. The first-order chi connectivity index (χ1) is 8.31. The lowest BCUT2D eigenvalue weighted by molar-refractivity contribution is 0.217. The third-order valence-electron chi connectivity index (χ3n) is 5.37. The molecule has 98 valence electrons. The van der Waals surface area contributed by atoms with Gasteiger partial charge in [0, 0.05) is 0 Å². The van der Waals surface area contributed by atoms with E-state index in [1.54, 1.807) is 12.0 Å². The van der Waals surface area contributed by atoms with Crippen LogP contribution in [0.1, 0.15) is 78.1 Å². The van der Waals surface area contributed by atoms with E-state index in [9.17, 15) is 0 Å². The zero-order valence-electron chi connectivity index (χ0n) is 11.9. The number of hydrogen-bond donors (Lipinski definition) is 0. The maximum absolute atomic E-state index is 2.37. The molecule has 0 atom stereocenters. The standard InChI is InChI=1S/C17H30/c1-3-14-5-9-16(10-6-14)13-17-11-7-15(4-2)8-12-17/h3,15-17H,4-13H2,1-2H3. The number of allylic oxidation sites excluding steroid dienone is 2. The van der Waals surface area contributed by atoms with Gasteiger partial charge in [0.1, 0.15) is 0 Å². The van der Waals surface area contributed by atoms with Crippen LogP contribution in [0.3, 0.4) is 0 Å². The summed E-state index contributed by atoms with van der Waals surface area (Å²) >= 11 is 0. The van der Waals surface area contributed by atoms with Gasteiger partial charge in [-0.3, -0.25) is 0 Å². The second kappa shape index (κ2) is 6.61. The molecule has 17 heavy (non-hydrogen) atoms. The normalized spacial score (nSPS) is 34.7. The molecule has 0 amide bonds. The molecular weight excluding hydrogens is 204 g/mol. The summed E-state index contributed by atoms with van der Waals surface area (Å²) in [6.07, 6.45) is 17.2. The summed E-state index contributed by atoms with van der Waals surface area (Å²) in [6, 6.07) is 0. The molecule has 2 saturated carbocycles. The van der Waals surface area contributed by atoms with Crippen LogP contribution in [-0.4, -0.2) is 0 Å². The predicted molar refractivity (Wildman–Crippen MR) is 76.1 cm³/mol. The van der Waals surface area contributed by atoms with Crippen LogP contribution < -0.4 is 0 Å². The third kappa shape index (κ3) is 3.86. The molecule has 0 aromatic carbocycles. The first kappa shape index (κ1) is 13.2. The van der Waals surface area contributed by atoms with Gasteiger partial charge in [-0.05, 0) is 56.8 Å². The second-order valence-corrected chi connectivity index (χ2v) is 6.42. The lowest BCUT2D eigenvalue weighted by Gasteiger charge is -2.32. The summed E-state index contributed by atoms with van der Waals surface area (Å²) < 4.78 is 0. The lowest BCUT2D eigenvalue weighted by atomic mass is 9.74. The van der Waals surface area contributed by atoms with Crippen LogP contribution >= 0.6 is 0 Å². The number of hydrogen-bond acceptors (Lipinski definition) is 0. The van der Waals surface area contributed by atoms with Gasteiger partial charge in [0.25, 0.3) is 0 Å². The minimum absolute atomic E-state index is 1.06. The monoisotopic (exact) mass is 234 g/mol. The Morgan fingerprint density at radius 3 is 1.94 bits per heavy atom. The van der Waals surface area contributed by atoms with Gasteiger partial charge in [-0.1, -0.05) is 50.7 Å². The van der Waals surface area contributed by atoms with Crippen molar-refractivity contribution in [3.8, 4) is 0 Å². The van der Waals surface area contributed by atoms with Crippen LogP contribution in [0.5, 0.6) is 0 Å². The molecular formula is C17H30. The van der Waals surface area contributed by atoms with E-state index in [0.717, 1.165) is 17.8 Å². The first-order valence-electron chi connectivity index (χ1n) is 7.95. The van der Waals surface area contributed by atoms with E-state index in [1.807, 2.05) is 0 Å². The van der Waals surface area contributed by atoms with E-state index in [-0.39, 0.29) is 0 Å². The van der Waals surface area contributed by atoms with Gasteiger partial charge in [0.2, 0.25) is 0 Å². The Morgan fingerprint density at radius 1 is 0.882 bits per heavy atom. The van der Waals surface area contributed by atoms with Crippen LogP contribution in [0.2, 0.25) is 0 Å². The maximum atomic E-state index is 2.37. The zero-order valence-corrected chi connectivity index (χ0v) is 11.9.